The highest BCUT2D eigenvalue weighted by atomic mass is 35.5. The number of hydrogen-bond acceptors (Lipinski definition) is 9. The molecule has 0 atom stereocenters. The summed E-state index contributed by atoms with van der Waals surface area (Å²) in [6.07, 6.45) is 11.9. The molecular weight excluding hydrogens is 853 g/mol. The van der Waals surface area contributed by atoms with Gasteiger partial charge in [0.05, 0.1) is 41.3 Å². The highest BCUT2D eigenvalue weighted by molar-refractivity contribution is 6.66. The monoisotopic (exact) mass is 921 g/mol. The van der Waals surface area contributed by atoms with Gasteiger partial charge in [0.25, 0.3) is 0 Å². The Bertz CT molecular complexity index is 1810. The van der Waals surface area contributed by atoms with Gasteiger partial charge in [-0.15, -0.1) is 23.2 Å². The molecule has 0 radical (unpaired) electrons. The van der Waals surface area contributed by atoms with Crippen LogP contribution in [0.15, 0.2) is 143 Å². The first-order chi connectivity index (χ1) is 30.5. The van der Waals surface area contributed by atoms with Crippen LogP contribution in [0.5, 0.6) is 11.5 Å². The fraction of sp³-hybridized carbons (Fsp3) is 0.412. The number of unbranched alkanes of at least 4 members (excludes halogenated alkanes) is 6. The van der Waals surface area contributed by atoms with Gasteiger partial charge in [-0.05, 0) is 149 Å². The number of carbonyl (C=O) groups excluding carboxylic acids is 2. The molecule has 0 aliphatic rings. The van der Waals surface area contributed by atoms with Gasteiger partial charge in [-0.2, -0.15) is 20.5 Å². The Morgan fingerprint density at radius 2 is 0.857 bits per heavy atom. The number of nitrogens with zero attached hydrogens (tertiary/aromatic N) is 5. The van der Waals surface area contributed by atoms with Gasteiger partial charge in [-0.3, -0.25) is 9.59 Å². The van der Waals surface area contributed by atoms with Crippen LogP contribution in [-0.2, 0) is 9.59 Å². The number of ether oxygens (including phenoxy) is 2. The maximum Gasteiger partial charge on any atom is 0.244 e. The second-order valence-corrected chi connectivity index (χ2v) is 15.1. The summed E-state index contributed by atoms with van der Waals surface area (Å²) >= 11 is 14.2. The van der Waals surface area contributed by atoms with E-state index in [0.717, 1.165) is 79.0 Å². The van der Waals surface area contributed by atoms with Crippen molar-refractivity contribution in [1.29, 1.82) is 0 Å². The van der Waals surface area contributed by atoms with E-state index < -0.39 is 5.24 Å². The van der Waals surface area contributed by atoms with Gasteiger partial charge in [0.15, 0.2) is 5.78 Å². The van der Waals surface area contributed by atoms with E-state index in [9.17, 15) is 9.59 Å². The van der Waals surface area contributed by atoms with Crippen molar-refractivity contribution >= 4 is 68.6 Å². The Hall–Kier alpha value is -4.67. The maximum absolute atomic E-state index is 11.1. The van der Waals surface area contributed by atoms with E-state index in [2.05, 4.69) is 73.1 Å². The number of halogens is 3. The summed E-state index contributed by atoms with van der Waals surface area (Å²) < 4.78 is 11.4. The maximum atomic E-state index is 11.1. The van der Waals surface area contributed by atoms with Crippen molar-refractivity contribution in [2.24, 2.45) is 20.5 Å². The van der Waals surface area contributed by atoms with Crippen molar-refractivity contribution in [3.05, 3.63) is 133 Å². The van der Waals surface area contributed by atoms with Gasteiger partial charge in [0.1, 0.15) is 11.5 Å². The summed E-state index contributed by atoms with van der Waals surface area (Å²) in [5.41, 5.74) is 5.76. The van der Waals surface area contributed by atoms with Crippen LogP contribution in [0, 0.1) is 13.8 Å². The third-order valence-electron chi connectivity index (χ3n) is 8.89. The van der Waals surface area contributed by atoms with E-state index in [1.807, 2.05) is 104 Å². The number of hydrogen-bond donors (Lipinski definition) is 0. The molecule has 4 aromatic carbocycles. The lowest BCUT2D eigenvalue weighted by Gasteiger charge is -2.13. The lowest BCUT2D eigenvalue weighted by molar-refractivity contribution is -0.114. The van der Waals surface area contributed by atoms with Gasteiger partial charge in [-0.25, -0.2) is 0 Å². The minimum atomic E-state index is -0.509. The fourth-order valence-electron chi connectivity index (χ4n) is 5.11. The fourth-order valence-corrected chi connectivity index (χ4v) is 5.11. The van der Waals surface area contributed by atoms with Crippen molar-refractivity contribution in [2.75, 3.05) is 38.2 Å². The summed E-state index contributed by atoms with van der Waals surface area (Å²) in [6.45, 7) is 24.5. The van der Waals surface area contributed by atoms with Crippen molar-refractivity contribution in [2.45, 2.75) is 99.3 Å². The zero-order valence-corrected chi connectivity index (χ0v) is 40.7. The summed E-state index contributed by atoms with van der Waals surface area (Å²) in [6, 6.07) is 31.3. The van der Waals surface area contributed by atoms with E-state index in [4.69, 9.17) is 44.3 Å². The topological polar surface area (TPSA) is 105 Å². The number of allylic oxidation sites excluding steroid dienone is 2. The number of azo groups is 2. The minimum Gasteiger partial charge on any atom is -0.494 e. The average molecular weight is 924 g/mol. The van der Waals surface area contributed by atoms with Crippen LogP contribution in [-0.4, -0.2) is 54.1 Å². The van der Waals surface area contributed by atoms with Crippen molar-refractivity contribution in [1.82, 2.24) is 4.90 Å². The largest absolute Gasteiger partial charge is 0.494 e. The second kappa shape index (κ2) is 40.1. The molecule has 0 saturated heterocycles. The number of aryl methyl sites for hydroxylation is 2. The molecule has 344 valence electrons. The van der Waals surface area contributed by atoms with Crippen LogP contribution < -0.4 is 9.47 Å². The predicted octanol–water partition coefficient (Wildman–Crippen LogP) is 16.6. The molecule has 0 aromatic heterocycles. The lowest BCUT2D eigenvalue weighted by atomic mass is 10.1. The van der Waals surface area contributed by atoms with Crippen LogP contribution in [0.4, 0.5) is 22.7 Å². The molecular formula is C51H70Cl3N5O4. The van der Waals surface area contributed by atoms with Crippen LogP contribution in [0.2, 0.25) is 0 Å². The SMILES string of the molecule is C=CC(=O)CCCCCCOc1ccc(N=Nc2ccc(C)cc2)cc1.C=CC(=O)Cl.CCCCCCOc1ccc(N=Nc2ccc(C)cc2)cc1.CCN(CC)CC.ClCCl. The Morgan fingerprint density at radius 3 is 1.14 bits per heavy atom. The summed E-state index contributed by atoms with van der Waals surface area (Å²) in [7, 11) is 0. The molecule has 0 saturated carbocycles. The van der Waals surface area contributed by atoms with Crippen LogP contribution in [0.3, 0.4) is 0 Å². The van der Waals surface area contributed by atoms with E-state index >= 15 is 0 Å². The molecule has 63 heavy (non-hydrogen) atoms. The first kappa shape index (κ1) is 58.3. The molecule has 0 unspecified atom stereocenters. The standard InChI is InChI=1S/C22H26N2O2.C19H24N2O.C6H15N.C3H3ClO.CH2Cl2/c1-3-21(25)8-6-4-5-7-17-26-22-15-13-20(14-16-22)24-23-19-11-9-18(2)10-12-19;1-3-4-5-6-15-22-19-13-11-18(12-14-19)21-20-17-9-7-16(2)8-10-17;1-4-7(5-2)6-3;1-2-3(4)5;2-1-3/h3,9-16H,1,4-8,17H2,2H3;7-14H,3-6,15H2,1-2H3;4-6H2,1-3H3;2H,1H2;1H2. The summed E-state index contributed by atoms with van der Waals surface area (Å²) in [5, 5.41) is 16.6. The molecule has 4 rings (SSSR count). The summed E-state index contributed by atoms with van der Waals surface area (Å²) in [5.74, 6) is 1.85. The molecule has 0 amide bonds. The molecule has 4 aromatic rings. The Balaban J connectivity index is 0.000000930. The van der Waals surface area contributed by atoms with Gasteiger partial charge in [-0.1, -0.05) is 108 Å². The van der Waals surface area contributed by atoms with Gasteiger partial charge in [0.2, 0.25) is 5.24 Å². The molecule has 0 spiro atoms. The van der Waals surface area contributed by atoms with Crippen molar-refractivity contribution in [3.63, 3.8) is 0 Å². The first-order valence-corrected chi connectivity index (χ1v) is 23.2. The van der Waals surface area contributed by atoms with Crippen molar-refractivity contribution in [3.8, 4) is 11.5 Å². The van der Waals surface area contributed by atoms with Gasteiger partial charge >= 0.3 is 0 Å². The highest BCUT2D eigenvalue weighted by Crippen LogP contribution is 2.23. The van der Waals surface area contributed by atoms with Gasteiger partial charge in [0, 0.05) is 6.42 Å². The predicted molar refractivity (Wildman–Crippen MR) is 268 cm³/mol. The van der Waals surface area contributed by atoms with E-state index in [-0.39, 0.29) is 11.1 Å². The number of ketones is 1. The number of rotatable bonds is 23. The zero-order chi connectivity index (χ0) is 46.9. The van der Waals surface area contributed by atoms with Crippen LogP contribution >= 0.6 is 34.8 Å². The number of carbonyl (C=O) groups is 2. The average Bonchev–Trinajstić information content (AvgIpc) is 3.30. The quantitative estimate of drug-likeness (QED) is 0.0242. The molecule has 0 N–H and O–H groups in total. The third-order valence-corrected chi connectivity index (χ3v) is 9.04. The lowest BCUT2D eigenvalue weighted by Crippen LogP contribution is -2.21. The zero-order valence-electron chi connectivity index (χ0n) is 38.4. The Labute approximate surface area is 393 Å². The highest BCUT2D eigenvalue weighted by Gasteiger charge is 1.99. The molecule has 9 nitrogen and oxygen atoms in total. The molecule has 0 fully saturated rings. The van der Waals surface area contributed by atoms with E-state index in [1.54, 1.807) is 0 Å². The molecule has 0 bridgehead atoms. The normalized spacial score (nSPS) is 10.3. The molecule has 12 heteroatoms. The number of alkyl halides is 2. The first-order valence-electron chi connectivity index (χ1n) is 21.7. The smallest absolute Gasteiger partial charge is 0.244 e. The van der Waals surface area contributed by atoms with Crippen LogP contribution in [0.1, 0.15) is 96.6 Å². The Morgan fingerprint density at radius 1 is 0.540 bits per heavy atom. The van der Waals surface area contributed by atoms with Gasteiger partial charge < -0.3 is 14.4 Å². The summed E-state index contributed by atoms with van der Waals surface area (Å²) in [4.78, 5) is 22.9. The van der Waals surface area contributed by atoms with E-state index in [1.165, 1.54) is 56.1 Å². The van der Waals surface area contributed by atoms with Crippen LogP contribution in [0.25, 0.3) is 0 Å². The molecule has 0 aliphatic heterocycles. The second-order valence-electron chi connectivity index (χ2n) is 13.9. The number of benzene rings is 4. The third kappa shape index (κ3) is 33.5. The van der Waals surface area contributed by atoms with E-state index in [0.29, 0.717) is 13.0 Å². The Kier molecular flexibility index (Phi) is 37.2. The molecule has 0 heterocycles. The van der Waals surface area contributed by atoms with Crippen molar-refractivity contribution < 1.29 is 19.1 Å². The molecule has 0 aliphatic carbocycles. The minimum absolute atomic E-state index is 0.126.